The second-order valence-electron chi connectivity index (χ2n) is 1.25. The molecule has 0 heterocycles. The molecule has 0 aromatic carbocycles. The Labute approximate surface area is 47.8 Å². The van der Waals surface area contributed by atoms with Crippen molar-refractivity contribution in [3.63, 3.8) is 0 Å². The Morgan fingerprint density at radius 2 is 2.43 bits per heavy atom. The van der Waals surface area contributed by atoms with Gasteiger partial charge in [-0.1, -0.05) is 11.9 Å². The molecular formula is C4H9NOS. The molecule has 7 heavy (non-hydrogen) atoms. The highest BCUT2D eigenvalue weighted by Gasteiger charge is 1.91. The third-order valence-electron chi connectivity index (χ3n) is 0.508. The lowest BCUT2D eigenvalue weighted by atomic mass is 10.4. The summed E-state index contributed by atoms with van der Waals surface area (Å²) in [5.41, 5.74) is 0. The topological polar surface area (TPSA) is 29.1 Å². The maximum absolute atomic E-state index is 9.82. The maximum atomic E-state index is 9.82. The summed E-state index contributed by atoms with van der Waals surface area (Å²) in [5, 5.41) is 0. The van der Waals surface area contributed by atoms with E-state index in [0.717, 1.165) is 6.29 Å². The van der Waals surface area contributed by atoms with Gasteiger partial charge in [-0.2, -0.15) is 0 Å². The van der Waals surface area contributed by atoms with Crippen LogP contribution in [0.15, 0.2) is 0 Å². The molecule has 0 spiro atoms. The van der Waals surface area contributed by atoms with E-state index in [-0.39, 0.29) is 6.04 Å². The molecule has 0 aromatic heterocycles. The van der Waals surface area contributed by atoms with Crippen molar-refractivity contribution in [3.8, 4) is 0 Å². The van der Waals surface area contributed by atoms with E-state index in [2.05, 4.69) is 4.72 Å². The third kappa shape index (κ3) is 3.82. The molecule has 0 bridgehead atoms. The summed E-state index contributed by atoms with van der Waals surface area (Å²) in [4.78, 5) is 9.82. The Morgan fingerprint density at radius 1 is 1.86 bits per heavy atom. The van der Waals surface area contributed by atoms with Gasteiger partial charge in [-0.05, 0) is 13.2 Å². The van der Waals surface area contributed by atoms with Crippen LogP contribution in [0.2, 0.25) is 0 Å². The SMILES string of the molecule is CSN[C@H](C)C=O. The molecule has 0 aliphatic heterocycles. The van der Waals surface area contributed by atoms with Gasteiger partial charge in [0.25, 0.3) is 0 Å². The van der Waals surface area contributed by atoms with Crippen LogP contribution in [-0.2, 0) is 4.79 Å². The normalized spacial score (nSPS) is 13.4. The van der Waals surface area contributed by atoms with Gasteiger partial charge >= 0.3 is 0 Å². The summed E-state index contributed by atoms with van der Waals surface area (Å²) in [7, 11) is 0. The second-order valence-corrected chi connectivity index (χ2v) is 1.89. The summed E-state index contributed by atoms with van der Waals surface area (Å²) in [6.45, 7) is 1.81. The van der Waals surface area contributed by atoms with Crippen LogP contribution in [0.1, 0.15) is 6.92 Å². The van der Waals surface area contributed by atoms with E-state index in [1.807, 2.05) is 13.2 Å². The van der Waals surface area contributed by atoms with Crippen molar-refractivity contribution in [2.75, 3.05) is 6.26 Å². The summed E-state index contributed by atoms with van der Waals surface area (Å²) in [5.74, 6) is 0. The molecule has 2 nitrogen and oxygen atoms in total. The fraction of sp³-hybridized carbons (Fsp3) is 0.750. The minimum absolute atomic E-state index is 0.0185. The van der Waals surface area contributed by atoms with Gasteiger partial charge < -0.3 is 4.79 Å². The van der Waals surface area contributed by atoms with Crippen LogP contribution in [0.4, 0.5) is 0 Å². The van der Waals surface area contributed by atoms with Gasteiger partial charge in [-0.3, -0.25) is 4.72 Å². The van der Waals surface area contributed by atoms with Crippen molar-refractivity contribution < 1.29 is 4.79 Å². The lowest BCUT2D eigenvalue weighted by Gasteiger charge is -1.98. The fourth-order valence-electron chi connectivity index (χ4n) is 0.214. The largest absolute Gasteiger partial charge is 0.302 e. The number of carbonyl (C=O) groups excluding carboxylic acids is 1. The van der Waals surface area contributed by atoms with E-state index in [9.17, 15) is 4.79 Å². The van der Waals surface area contributed by atoms with Crippen molar-refractivity contribution >= 4 is 18.2 Å². The Balaban J connectivity index is 2.98. The van der Waals surface area contributed by atoms with Gasteiger partial charge in [-0.15, -0.1) is 0 Å². The number of hydrogen-bond acceptors (Lipinski definition) is 3. The van der Waals surface area contributed by atoms with Crippen molar-refractivity contribution in [1.29, 1.82) is 0 Å². The highest BCUT2D eigenvalue weighted by molar-refractivity contribution is 7.96. The molecule has 1 N–H and O–H groups in total. The van der Waals surface area contributed by atoms with Crippen LogP contribution in [0.5, 0.6) is 0 Å². The molecule has 1 atom stereocenters. The third-order valence-corrected chi connectivity index (χ3v) is 1.12. The zero-order valence-electron chi connectivity index (χ0n) is 4.47. The molecule has 0 unspecified atom stereocenters. The molecule has 0 aliphatic rings. The number of aldehydes is 1. The monoisotopic (exact) mass is 119 g/mol. The maximum Gasteiger partial charge on any atom is 0.137 e. The highest BCUT2D eigenvalue weighted by Crippen LogP contribution is 1.84. The van der Waals surface area contributed by atoms with E-state index in [1.54, 1.807) is 0 Å². The number of rotatable bonds is 3. The van der Waals surface area contributed by atoms with Gasteiger partial charge in [0.15, 0.2) is 0 Å². The smallest absolute Gasteiger partial charge is 0.137 e. The highest BCUT2D eigenvalue weighted by atomic mass is 32.2. The lowest BCUT2D eigenvalue weighted by Crippen LogP contribution is -2.19. The zero-order valence-corrected chi connectivity index (χ0v) is 5.29. The molecule has 42 valence electrons. The first-order valence-corrected chi connectivity index (χ1v) is 3.27. The quantitative estimate of drug-likeness (QED) is 0.432. The molecule has 0 fully saturated rings. The summed E-state index contributed by atoms with van der Waals surface area (Å²) >= 11 is 1.45. The van der Waals surface area contributed by atoms with Gasteiger partial charge in [-0.25, -0.2) is 0 Å². The van der Waals surface area contributed by atoms with E-state index in [0.29, 0.717) is 0 Å². The Bertz CT molecular complexity index is 57.7. The minimum atomic E-state index is -0.0185. The molecular weight excluding hydrogens is 110 g/mol. The lowest BCUT2D eigenvalue weighted by molar-refractivity contribution is -0.108. The molecule has 0 radical (unpaired) electrons. The molecule has 0 aliphatic carbocycles. The number of carbonyl (C=O) groups is 1. The number of nitrogens with one attached hydrogen (secondary N) is 1. The van der Waals surface area contributed by atoms with E-state index in [4.69, 9.17) is 0 Å². The van der Waals surface area contributed by atoms with Crippen LogP contribution in [0.25, 0.3) is 0 Å². The molecule has 0 amide bonds. The van der Waals surface area contributed by atoms with E-state index in [1.165, 1.54) is 11.9 Å². The average Bonchev–Trinajstić information content (AvgIpc) is 1.68. The first kappa shape index (κ1) is 6.98. The van der Waals surface area contributed by atoms with Crippen molar-refractivity contribution in [2.24, 2.45) is 0 Å². The molecule has 0 saturated heterocycles. The Morgan fingerprint density at radius 3 is 2.57 bits per heavy atom. The Kier molecular flexibility index (Phi) is 4.14. The fourth-order valence-corrected chi connectivity index (χ4v) is 0.641. The van der Waals surface area contributed by atoms with Crippen molar-refractivity contribution in [3.05, 3.63) is 0 Å². The zero-order chi connectivity index (χ0) is 5.70. The first-order valence-electron chi connectivity index (χ1n) is 2.05. The number of hydrogen-bond donors (Lipinski definition) is 1. The summed E-state index contributed by atoms with van der Waals surface area (Å²) in [6, 6.07) is -0.0185. The standard InChI is InChI=1S/C4H9NOS/c1-4(3-6)5-7-2/h3-5H,1-2H3/t4-/m1/s1. The molecule has 0 rings (SSSR count). The second kappa shape index (κ2) is 4.15. The first-order chi connectivity index (χ1) is 3.31. The molecule has 0 aromatic rings. The van der Waals surface area contributed by atoms with E-state index < -0.39 is 0 Å². The average molecular weight is 119 g/mol. The van der Waals surface area contributed by atoms with Crippen molar-refractivity contribution in [1.82, 2.24) is 4.72 Å². The van der Waals surface area contributed by atoms with Crippen molar-refractivity contribution in [2.45, 2.75) is 13.0 Å². The van der Waals surface area contributed by atoms with Crippen LogP contribution in [-0.4, -0.2) is 18.6 Å². The van der Waals surface area contributed by atoms with Crippen LogP contribution in [0, 0.1) is 0 Å². The van der Waals surface area contributed by atoms with Gasteiger partial charge in [0.05, 0.1) is 6.04 Å². The van der Waals surface area contributed by atoms with Gasteiger partial charge in [0.2, 0.25) is 0 Å². The predicted molar refractivity (Wildman–Crippen MR) is 32.2 cm³/mol. The van der Waals surface area contributed by atoms with E-state index >= 15 is 0 Å². The van der Waals surface area contributed by atoms with Crippen LogP contribution in [0.3, 0.4) is 0 Å². The predicted octanol–water partition coefficient (Wildman–Crippen LogP) is 0.441. The molecule has 0 saturated carbocycles. The minimum Gasteiger partial charge on any atom is -0.302 e. The van der Waals surface area contributed by atoms with Crippen LogP contribution >= 0.6 is 11.9 Å². The van der Waals surface area contributed by atoms with Crippen LogP contribution < -0.4 is 4.72 Å². The molecule has 3 heteroatoms. The summed E-state index contributed by atoms with van der Waals surface area (Å²) in [6.07, 6.45) is 2.76. The van der Waals surface area contributed by atoms with Gasteiger partial charge in [0.1, 0.15) is 6.29 Å². The summed E-state index contributed by atoms with van der Waals surface area (Å²) < 4.78 is 2.84. The van der Waals surface area contributed by atoms with Gasteiger partial charge in [0, 0.05) is 0 Å². The Hall–Kier alpha value is -0.0200.